The number of halogens is 2. The van der Waals surface area contributed by atoms with Gasteiger partial charge in [-0.15, -0.1) is 0 Å². The van der Waals surface area contributed by atoms with Gasteiger partial charge in [0.05, 0.1) is 18.7 Å². The number of nitrogens with one attached hydrogen (secondary N) is 1. The molecule has 5 nitrogen and oxygen atoms in total. The van der Waals surface area contributed by atoms with Gasteiger partial charge >= 0.3 is 6.55 Å². The second kappa shape index (κ2) is 5.72. The first kappa shape index (κ1) is 13.6. The van der Waals surface area contributed by atoms with Gasteiger partial charge in [-0.2, -0.15) is 13.9 Å². The van der Waals surface area contributed by atoms with Gasteiger partial charge in [-0.1, -0.05) is 0 Å². The minimum atomic E-state index is -2.71. The highest BCUT2D eigenvalue weighted by Gasteiger charge is 2.18. The summed E-state index contributed by atoms with van der Waals surface area (Å²) < 4.78 is 25.7. The molecule has 17 heavy (non-hydrogen) atoms. The molecule has 1 rings (SSSR count). The average molecular weight is 247 g/mol. The van der Waals surface area contributed by atoms with Crippen molar-refractivity contribution in [3.63, 3.8) is 0 Å². The molecule has 0 aliphatic rings. The van der Waals surface area contributed by atoms with Gasteiger partial charge in [0.2, 0.25) is 5.91 Å². The minimum Gasteiger partial charge on any atom is -0.395 e. The lowest BCUT2D eigenvalue weighted by molar-refractivity contribution is -0.120. The molecule has 0 aliphatic heterocycles. The predicted octanol–water partition coefficient (Wildman–Crippen LogP) is 0.546. The smallest absolute Gasteiger partial charge is 0.333 e. The number of hydrogen-bond donors (Lipinski definition) is 2. The molecule has 0 aliphatic carbocycles. The van der Waals surface area contributed by atoms with Gasteiger partial charge in [0.1, 0.15) is 0 Å². The van der Waals surface area contributed by atoms with E-state index < -0.39 is 6.55 Å². The topological polar surface area (TPSA) is 67.2 Å². The summed E-state index contributed by atoms with van der Waals surface area (Å²) in [4.78, 5) is 11.4. The molecule has 0 atom stereocenters. The molecule has 1 amide bonds. The summed E-state index contributed by atoms with van der Waals surface area (Å²) in [5.74, 6) is -0.320. The minimum absolute atomic E-state index is 0.00954. The van der Waals surface area contributed by atoms with E-state index in [1.807, 2.05) is 0 Å². The van der Waals surface area contributed by atoms with Crippen molar-refractivity contribution in [1.82, 2.24) is 15.1 Å². The van der Waals surface area contributed by atoms with Crippen molar-refractivity contribution in [2.45, 2.75) is 26.8 Å². The molecule has 0 bridgehead atoms. The van der Waals surface area contributed by atoms with Gasteiger partial charge in [-0.25, -0.2) is 4.68 Å². The number of alkyl halides is 2. The molecule has 0 saturated heterocycles. The first-order chi connectivity index (χ1) is 7.97. The molecule has 0 aromatic carbocycles. The van der Waals surface area contributed by atoms with Gasteiger partial charge in [0.25, 0.3) is 0 Å². The van der Waals surface area contributed by atoms with Crippen molar-refractivity contribution >= 4 is 5.91 Å². The number of aryl methyl sites for hydroxylation is 1. The van der Waals surface area contributed by atoms with Crippen LogP contribution in [0.1, 0.15) is 23.5 Å². The average Bonchev–Trinajstić information content (AvgIpc) is 2.54. The van der Waals surface area contributed by atoms with Crippen LogP contribution in [-0.2, 0) is 11.2 Å². The van der Waals surface area contributed by atoms with Crippen LogP contribution < -0.4 is 5.32 Å². The molecular formula is C10H15F2N3O2. The maximum Gasteiger partial charge on any atom is 0.333 e. The van der Waals surface area contributed by atoms with Crippen LogP contribution in [0.2, 0.25) is 0 Å². The third-order valence-corrected chi connectivity index (χ3v) is 2.43. The van der Waals surface area contributed by atoms with Gasteiger partial charge in [-0.3, -0.25) is 4.79 Å². The van der Waals surface area contributed by atoms with E-state index >= 15 is 0 Å². The quantitative estimate of drug-likeness (QED) is 0.798. The molecule has 1 aromatic rings. The summed E-state index contributed by atoms with van der Waals surface area (Å²) in [7, 11) is 0. The Bertz CT molecular complexity index is 405. The van der Waals surface area contributed by atoms with Gasteiger partial charge in [0, 0.05) is 17.8 Å². The lowest BCUT2D eigenvalue weighted by atomic mass is 10.1. The van der Waals surface area contributed by atoms with Crippen molar-refractivity contribution in [3.05, 3.63) is 17.0 Å². The Morgan fingerprint density at radius 2 is 2.18 bits per heavy atom. The fourth-order valence-corrected chi connectivity index (χ4v) is 1.56. The van der Waals surface area contributed by atoms with Crippen LogP contribution in [0.5, 0.6) is 0 Å². The number of carbonyl (C=O) groups is 1. The number of aliphatic hydroxyl groups is 1. The molecular weight excluding hydrogens is 232 g/mol. The van der Waals surface area contributed by atoms with Crippen molar-refractivity contribution in [2.75, 3.05) is 13.2 Å². The van der Waals surface area contributed by atoms with Gasteiger partial charge in [0.15, 0.2) is 0 Å². The fraction of sp³-hybridized carbons (Fsp3) is 0.600. The van der Waals surface area contributed by atoms with E-state index in [1.54, 1.807) is 6.92 Å². The van der Waals surface area contributed by atoms with Crippen LogP contribution in [-0.4, -0.2) is 33.9 Å². The SMILES string of the molecule is Cc1nn(C(F)F)c(C)c1CC(=O)NCCO. The molecule has 1 heterocycles. The van der Waals surface area contributed by atoms with E-state index in [-0.39, 0.29) is 31.2 Å². The normalized spacial score (nSPS) is 10.9. The van der Waals surface area contributed by atoms with Gasteiger partial charge < -0.3 is 10.4 Å². The third-order valence-electron chi connectivity index (χ3n) is 2.43. The van der Waals surface area contributed by atoms with Crippen LogP contribution in [0.25, 0.3) is 0 Å². The molecule has 2 N–H and O–H groups in total. The van der Waals surface area contributed by atoms with Crippen LogP contribution in [0, 0.1) is 13.8 Å². The lowest BCUT2D eigenvalue weighted by Crippen LogP contribution is -2.28. The Morgan fingerprint density at radius 3 is 2.65 bits per heavy atom. The van der Waals surface area contributed by atoms with Crippen molar-refractivity contribution in [1.29, 1.82) is 0 Å². The Hall–Kier alpha value is -1.50. The first-order valence-electron chi connectivity index (χ1n) is 5.17. The highest BCUT2D eigenvalue weighted by molar-refractivity contribution is 5.79. The predicted molar refractivity (Wildman–Crippen MR) is 56.8 cm³/mol. The summed E-state index contributed by atoms with van der Waals surface area (Å²) in [6, 6.07) is 0. The standard InChI is InChI=1S/C10H15F2N3O2/c1-6-8(5-9(17)13-3-4-16)7(2)15(14-6)10(11)12/h10,16H,3-5H2,1-2H3,(H,13,17). The number of rotatable bonds is 5. The summed E-state index contributed by atoms with van der Waals surface area (Å²) in [6.45, 7) is 0.379. The van der Waals surface area contributed by atoms with Crippen molar-refractivity contribution in [2.24, 2.45) is 0 Å². The highest BCUT2D eigenvalue weighted by Crippen LogP contribution is 2.19. The zero-order valence-electron chi connectivity index (χ0n) is 9.70. The molecule has 0 spiro atoms. The molecule has 7 heteroatoms. The third kappa shape index (κ3) is 3.23. The number of nitrogens with zero attached hydrogens (tertiary/aromatic N) is 2. The summed E-state index contributed by atoms with van der Waals surface area (Å²) in [5, 5.41) is 14.7. The maximum absolute atomic E-state index is 12.5. The molecule has 1 aromatic heterocycles. The van der Waals surface area contributed by atoms with Crippen LogP contribution in [0.4, 0.5) is 8.78 Å². The van der Waals surface area contributed by atoms with E-state index in [4.69, 9.17) is 5.11 Å². The van der Waals surface area contributed by atoms with E-state index in [0.29, 0.717) is 15.9 Å². The lowest BCUT2D eigenvalue weighted by Gasteiger charge is -2.04. The maximum atomic E-state index is 12.5. The van der Waals surface area contributed by atoms with Gasteiger partial charge in [-0.05, 0) is 13.8 Å². The molecule has 0 radical (unpaired) electrons. The number of hydrogen-bond acceptors (Lipinski definition) is 3. The van der Waals surface area contributed by atoms with E-state index in [2.05, 4.69) is 10.4 Å². The van der Waals surface area contributed by atoms with E-state index in [9.17, 15) is 13.6 Å². The summed E-state index contributed by atoms with van der Waals surface area (Å²) in [6.07, 6.45) is -0.00954. The van der Waals surface area contributed by atoms with Crippen molar-refractivity contribution in [3.8, 4) is 0 Å². The second-order valence-electron chi connectivity index (χ2n) is 3.62. The monoisotopic (exact) mass is 247 g/mol. The molecule has 0 saturated carbocycles. The highest BCUT2D eigenvalue weighted by atomic mass is 19.3. The van der Waals surface area contributed by atoms with Crippen LogP contribution in [0.3, 0.4) is 0 Å². The first-order valence-corrected chi connectivity index (χ1v) is 5.17. The number of carbonyl (C=O) groups excluding carboxylic acids is 1. The molecule has 0 fully saturated rings. The number of aliphatic hydroxyl groups excluding tert-OH is 1. The largest absolute Gasteiger partial charge is 0.395 e. The fourth-order valence-electron chi connectivity index (χ4n) is 1.56. The zero-order chi connectivity index (χ0) is 13.0. The summed E-state index contributed by atoms with van der Waals surface area (Å²) >= 11 is 0. The Labute approximate surface area is 97.4 Å². The molecule has 0 unspecified atom stereocenters. The zero-order valence-corrected chi connectivity index (χ0v) is 9.70. The van der Waals surface area contributed by atoms with E-state index in [0.717, 1.165) is 0 Å². The summed E-state index contributed by atoms with van der Waals surface area (Å²) in [5.41, 5.74) is 1.21. The Kier molecular flexibility index (Phi) is 4.56. The number of amides is 1. The van der Waals surface area contributed by atoms with Crippen molar-refractivity contribution < 1.29 is 18.7 Å². The number of aromatic nitrogens is 2. The van der Waals surface area contributed by atoms with Crippen LogP contribution >= 0.6 is 0 Å². The second-order valence-corrected chi connectivity index (χ2v) is 3.62. The Morgan fingerprint density at radius 1 is 1.53 bits per heavy atom. The van der Waals surface area contributed by atoms with Crippen LogP contribution in [0.15, 0.2) is 0 Å². The Balaban J connectivity index is 2.81. The molecule has 96 valence electrons. The van der Waals surface area contributed by atoms with E-state index in [1.165, 1.54) is 6.92 Å².